The summed E-state index contributed by atoms with van der Waals surface area (Å²) in [5, 5.41) is 0. The molecule has 2 rings (SSSR count). The molecule has 0 fully saturated rings. The number of ether oxygens (including phenoxy) is 2. The van der Waals surface area contributed by atoms with Crippen molar-refractivity contribution in [2.24, 2.45) is 5.73 Å². The van der Waals surface area contributed by atoms with E-state index in [0.717, 1.165) is 38.0 Å². The molecule has 0 spiro atoms. The van der Waals surface area contributed by atoms with Crippen LogP contribution in [-0.4, -0.2) is 25.7 Å². The van der Waals surface area contributed by atoms with Gasteiger partial charge in [0.25, 0.3) is 0 Å². The third-order valence-electron chi connectivity index (χ3n) is 3.46. The Hall–Kier alpha value is -1.55. The van der Waals surface area contributed by atoms with Crippen LogP contribution in [0.15, 0.2) is 18.2 Å². The molecule has 0 bridgehead atoms. The second-order valence-electron chi connectivity index (χ2n) is 4.92. The third kappa shape index (κ3) is 3.70. The third-order valence-corrected chi connectivity index (χ3v) is 3.46. The minimum atomic E-state index is -0.508. The summed E-state index contributed by atoms with van der Waals surface area (Å²) in [6.45, 7) is 0.820. The lowest BCUT2D eigenvalue weighted by atomic mass is 9.99. The minimum absolute atomic E-state index is 0.334. The Labute approximate surface area is 113 Å². The lowest BCUT2D eigenvalue weighted by Gasteiger charge is -2.18. The monoisotopic (exact) mass is 263 g/mol. The highest BCUT2D eigenvalue weighted by Crippen LogP contribution is 2.26. The second kappa shape index (κ2) is 6.57. The maximum atomic E-state index is 11.2. The molecule has 2 N–H and O–H groups in total. The summed E-state index contributed by atoms with van der Waals surface area (Å²) in [4.78, 5) is 11.2. The summed E-state index contributed by atoms with van der Waals surface area (Å²) in [5.74, 6) is 0.681. The van der Waals surface area contributed by atoms with E-state index in [9.17, 15) is 4.79 Å². The van der Waals surface area contributed by atoms with Gasteiger partial charge in [-0.3, -0.25) is 4.79 Å². The fourth-order valence-corrected chi connectivity index (χ4v) is 2.36. The molecule has 0 saturated carbocycles. The normalized spacial score (nSPS) is 15.3. The second-order valence-corrected chi connectivity index (χ2v) is 4.92. The largest absolute Gasteiger partial charge is 0.493 e. The van der Waals surface area contributed by atoms with Crippen molar-refractivity contribution in [3.05, 3.63) is 29.3 Å². The van der Waals surface area contributed by atoms with Crippen molar-refractivity contribution in [1.82, 2.24) is 0 Å². The number of esters is 1. The van der Waals surface area contributed by atoms with Gasteiger partial charge < -0.3 is 15.2 Å². The van der Waals surface area contributed by atoms with E-state index in [1.165, 1.54) is 18.2 Å². The highest BCUT2D eigenvalue weighted by molar-refractivity contribution is 5.75. The predicted octanol–water partition coefficient (Wildman–Crippen LogP) is 1.83. The highest BCUT2D eigenvalue weighted by atomic mass is 16.5. The van der Waals surface area contributed by atoms with Gasteiger partial charge in [-0.15, -0.1) is 0 Å². The average Bonchev–Trinajstić information content (AvgIpc) is 2.46. The number of benzene rings is 1. The van der Waals surface area contributed by atoms with E-state index in [0.29, 0.717) is 6.42 Å². The van der Waals surface area contributed by atoms with Gasteiger partial charge in [-0.25, -0.2) is 0 Å². The van der Waals surface area contributed by atoms with Crippen LogP contribution in [0.2, 0.25) is 0 Å². The lowest BCUT2D eigenvalue weighted by molar-refractivity contribution is -0.142. The van der Waals surface area contributed by atoms with Crippen molar-refractivity contribution in [3.8, 4) is 5.75 Å². The molecule has 1 aromatic rings. The summed E-state index contributed by atoms with van der Waals surface area (Å²) in [5.41, 5.74) is 8.28. The van der Waals surface area contributed by atoms with Crippen molar-refractivity contribution >= 4 is 5.97 Å². The fourth-order valence-electron chi connectivity index (χ4n) is 2.36. The van der Waals surface area contributed by atoms with Crippen molar-refractivity contribution in [1.29, 1.82) is 0 Å². The average molecular weight is 263 g/mol. The van der Waals surface area contributed by atoms with Crippen LogP contribution in [0.1, 0.15) is 30.4 Å². The van der Waals surface area contributed by atoms with Crippen LogP contribution in [-0.2, 0) is 22.4 Å². The van der Waals surface area contributed by atoms with Gasteiger partial charge in [0.05, 0.1) is 13.7 Å². The molecular formula is C15H21NO3. The van der Waals surface area contributed by atoms with Crippen molar-refractivity contribution in [3.63, 3.8) is 0 Å². The van der Waals surface area contributed by atoms with E-state index in [-0.39, 0.29) is 5.97 Å². The van der Waals surface area contributed by atoms with E-state index < -0.39 is 6.04 Å². The molecule has 1 heterocycles. The quantitative estimate of drug-likeness (QED) is 0.823. The summed E-state index contributed by atoms with van der Waals surface area (Å²) >= 11 is 0. The molecule has 4 heteroatoms. The molecular weight excluding hydrogens is 242 g/mol. The first-order valence-corrected chi connectivity index (χ1v) is 6.78. The van der Waals surface area contributed by atoms with Gasteiger partial charge in [-0.05, 0) is 49.3 Å². The molecule has 0 aromatic heterocycles. The first kappa shape index (κ1) is 13.9. The van der Waals surface area contributed by atoms with Crippen molar-refractivity contribution in [2.75, 3.05) is 13.7 Å². The minimum Gasteiger partial charge on any atom is -0.493 e. The number of hydrogen-bond acceptors (Lipinski definition) is 4. The Kier molecular flexibility index (Phi) is 4.80. The Bertz CT molecular complexity index is 445. The summed E-state index contributed by atoms with van der Waals surface area (Å²) in [7, 11) is 1.37. The van der Waals surface area contributed by atoms with Gasteiger partial charge in [0.2, 0.25) is 0 Å². The number of rotatable bonds is 5. The number of fused-ring (bicyclic) bond motifs is 1. The van der Waals surface area contributed by atoms with Gasteiger partial charge in [0.15, 0.2) is 0 Å². The smallest absolute Gasteiger partial charge is 0.322 e. The molecule has 0 radical (unpaired) electrons. The number of carbonyl (C=O) groups excluding carboxylic acids is 1. The maximum absolute atomic E-state index is 11.2. The summed E-state index contributed by atoms with van der Waals surface area (Å²) < 4.78 is 10.2. The Morgan fingerprint density at radius 1 is 1.53 bits per heavy atom. The zero-order valence-electron chi connectivity index (χ0n) is 11.4. The van der Waals surface area contributed by atoms with Crippen LogP contribution >= 0.6 is 0 Å². The lowest BCUT2D eigenvalue weighted by Crippen LogP contribution is -2.31. The number of carbonyl (C=O) groups is 1. The number of nitrogens with two attached hydrogens (primary N) is 1. The van der Waals surface area contributed by atoms with Crippen LogP contribution in [0.25, 0.3) is 0 Å². The molecule has 1 unspecified atom stereocenters. The van der Waals surface area contributed by atoms with Crippen LogP contribution in [0.4, 0.5) is 0 Å². The van der Waals surface area contributed by atoms with Gasteiger partial charge in [-0.1, -0.05) is 12.1 Å². The van der Waals surface area contributed by atoms with Crippen molar-refractivity contribution in [2.45, 2.75) is 38.1 Å². The standard InChI is InChI=1S/C15H21NO3/c1-18-15(17)13(16)6-2-4-11-7-8-14-12(10-11)5-3-9-19-14/h7-8,10,13H,2-6,9,16H2,1H3. The van der Waals surface area contributed by atoms with E-state index in [1.54, 1.807) is 0 Å². The number of methoxy groups -OCH3 is 1. The van der Waals surface area contributed by atoms with E-state index >= 15 is 0 Å². The Balaban J connectivity index is 1.85. The number of aryl methyl sites for hydroxylation is 2. The number of hydrogen-bond donors (Lipinski definition) is 1. The molecule has 19 heavy (non-hydrogen) atoms. The zero-order chi connectivity index (χ0) is 13.7. The molecule has 104 valence electrons. The van der Waals surface area contributed by atoms with E-state index in [4.69, 9.17) is 10.5 Å². The SMILES string of the molecule is COC(=O)C(N)CCCc1ccc2c(c1)CCCO2. The fraction of sp³-hybridized carbons (Fsp3) is 0.533. The van der Waals surface area contributed by atoms with Crippen LogP contribution in [0, 0.1) is 0 Å². The first-order chi connectivity index (χ1) is 9.20. The van der Waals surface area contributed by atoms with Crippen LogP contribution in [0.5, 0.6) is 5.75 Å². The highest BCUT2D eigenvalue weighted by Gasteiger charge is 2.14. The summed E-state index contributed by atoms with van der Waals surface area (Å²) in [6, 6.07) is 5.83. The van der Waals surface area contributed by atoms with Crippen molar-refractivity contribution < 1.29 is 14.3 Å². The first-order valence-electron chi connectivity index (χ1n) is 6.78. The Morgan fingerprint density at radius 3 is 3.16 bits per heavy atom. The summed E-state index contributed by atoms with van der Waals surface area (Å²) in [6.07, 6.45) is 4.64. The molecule has 1 atom stereocenters. The molecule has 0 aliphatic carbocycles. The maximum Gasteiger partial charge on any atom is 0.322 e. The predicted molar refractivity (Wildman–Crippen MR) is 73.2 cm³/mol. The molecule has 0 saturated heterocycles. The van der Waals surface area contributed by atoms with Gasteiger partial charge in [0.1, 0.15) is 11.8 Å². The van der Waals surface area contributed by atoms with Crippen LogP contribution in [0.3, 0.4) is 0 Å². The van der Waals surface area contributed by atoms with Crippen LogP contribution < -0.4 is 10.5 Å². The molecule has 4 nitrogen and oxygen atoms in total. The Morgan fingerprint density at radius 2 is 2.37 bits per heavy atom. The van der Waals surface area contributed by atoms with Gasteiger partial charge in [-0.2, -0.15) is 0 Å². The zero-order valence-corrected chi connectivity index (χ0v) is 11.4. The van der Waals surface area contributed by atoms with E-state index in [2.05, 4.69) is 16.9 Å². The van der Waals surface area contributed by atoms with E-state index in [1.807, 2.05) is 6.07 Å². The topological polar surface area (TPSA) is 61.5 Å². The molecule has 1 aromatic carbocycles. The molecule has 1 aliphatic heterocycles. The molecule has 0 amide bonds. The van der Waals surface area contributed by atoms with Gasteiger partial charge in [0, 0.05) is 0 Å². The van der Waals surface area contributed by atoms with Gasteiger partial charge >= 0.3 is 5.97 Å². The molecule has 1 aliphatic rings.